The molecule has 3 rings (SSSR count). The van der Waals surface area contributed by atoms with E-state index >= 15 is 0 Å². The Kier molecular flexibility index (Phi) is 6.16. The van der Waals surface area contributed by atoms with Crippen molar-refractivity contribution in [2.24, 2.45) is 0 Å². The molecule has 2 amide bonds. The van der Waals surface area contributed by atoms with Gasteiger partial charge in [-0.25, -0.2) is 0 Å². The van der Waals surface area contributed by atoms with Crippen molar-refractivity contribution in [2.75, 3.05) is 6.54 Å². The third-order valence-electron chi connectivity index (χ3n) is 3.68. The maximum Gasteiger partial charge on any atom is 0.293 e. The van der Waals surface area contributed by atoms with Crippen molar-refractivity contribution in [1.82, 2.24) is 4.90 Å². The van der Waals surface area contributed by atoms with Crippen LogP contribution in [-0.4, -0.2) is 22.6 Å². The Labute approximate surface area is 170 Å². The first-order chi connectivity index (χ1) is 12.6. The number of amides is 2. The third-order valence-corrected chi connectivity index (χ3v) is 5.31. The summed E-state index contributed by atoms with van der Waals surface area (Å²) < 4.78 is 6.96. The number of rotatable bonds is 6. The molecule has 0 saturated carbocycles. The van der Waals surface area contributed by atoms with E-state index in [1.165, 1.54) is 8.47 Å². The molecule has 0 unspecified atom stereocenters. The molecule has 132 valence electrons. The van der Waals surface area contributed by atoms with Gasteiger partial charge in [-0.2, -0.15) is 0 Å². The van der Waals surface area contributed by atoms with Gasteiger partial charge in [0.1, 0.15) is 12.4 Å². The van der Waals surface area contributed by atoms with Crippen LogP contribution in [0.25, 0.3) is 6.08 Å². The Morgan fingerprint density at radius 3 is 2.42 bits per heavy atom. The van der Waals surface area contributed by atoms with Gasteiger partial charge in [-0.15, -0.1) is 6.58 Å². The molecule has 1 aliphatic rings. The number of thioether (sulfide) groups is 1. The number of hydrogen-bond donors (Lipinski definition) is 0. The quantitative estimate of drug-likeness (QED) is 0.330. The molecular formula is C20H16INO3S. The van der Waals surface area contributed by atoms with E-state index < -0.39 is 0 Å². The predicted octanol–water partition coefficient (Wildman–Crippen LogP) is 5.09. The number of halogens is 1. The zero-order chi connectivity index (χ0) is 18.5. The number of carbonyl (C=O) groups is 2. The van der Waals surface area contributed by atoms with Crippen LogP contribution in [0.1, 0.15) is 11.1 Å². The van der Waals surface area contributed by atoms with E-state index in [2.05, 4.69) is 29.2 Å². The minimum atomic E-state index is -0.279. The topological polar surface area (TPSA) is 46.6 Å². The van der Waals surface area contributed by atoms with Crippen LogP contribution in [0.15, 0.2) is 66.1 Å². The molecule has 1 aliphatic heterocycles. The second-order valence-corrected chi connectivity index (χ2v) is 7.80. The summed E-state index contributed by atoms with van der Waals surface area (Å²) in [4.78, 5) is 25.6. The minimum Gasteiger partial charge on any atom is -0.489 e. The fourth-order valence-electron chi connectivity index (χ4n) is 2.35. The first-order valence-corrected chi connectivity index (χ1v) is 9.80. The highest BCUT2D eigenvalue weighted by Gasteiger charge is 2.33. The Hall–Kier alpha value is -2.06. The number of nitrogens with zero attached hydrogens (tertiary/aromatic N) is 1. The van der Waals surface area contributed by atoms with Crippen molar-refractivity contribution in [1.29, 1.82) is 0 Å². The molecule has 6 heteroatoms. The first kappa shape index (κ1) is 18.7. The highest BCUT2D eigenvalue weighted by atomic mass is 127. The van der Waals surface area contributed by atoms with E-state index in [1.54, 1.807) is 12.2 Å². The van der Waals surface area contributed by atoms with Crippen LogP contribution < -0.4 is 4.74 Å². The molecule has 2 aromatic carbocycles. The summed E-state index contributed by atoms with van der Waals surface area (Å²) in [5.41, 5.74) is 1.95. The zero-order valence-electron chi connectivity index (χ0n) is 13.9. The van der Waals surface area contributed by atoms with Gasteiger partial charge in [0.2, 0.25) is 0 Å². The Morgan fingerprint density at radius 1 is 1.08 bits per heavy atom. The van der Waals surface area contributed by atoms with Crippen molar-refractivity contribution < 1.29 is 14.3 Å². The molecule has 0 radical (unpaired) electrons. The van der Waals surface area contributed by atoms with E-state index in [0.29, 0.717) is 11.5 Å². The minimum absolute atomic E-state index is 0.229. The van der Waals surface area contributed by atoms with Crippen molar-refractivity contribution in [3.63, 3.8) is 0 Å². The van der Waals surface area contributed by atoms with E-state index in [4.69, 9.17) is 4.74 Å². The van der Waals surface area contributed by atoms with Crippen molar-refractivity contribution in [3.8, 4) is 5.75 Å². The molecule has 1 fully saturated rings. The average molecular weight is 477 g/mol. The monoisotopic (exact) mass is 477 g/mol. The summed E-state index contributed by atoms with van der Waals surface area (Å²) in [5, 5.41) is -0.265. The molecule has 0 aliphatic carbocycles. The van der Waals surface area contributed by atoms with E-state index in [1.807, 2.05) is 48.5 Å². The second-order valence-electron chi connectivity index (χ2n) is 5.57. The molecule has 0 atom stereocenters. The molecular weight excluding hydrogens is 461 g/mol. The number of imide groups is 1. The largest absolute Gasteiger partial charge is 0.489 e. The molecule has 4 nitrogen and oxygen atoms in total. The Morgan fingerprint density at radius 2 is 1.77 bits per heavy atom. The van der Waals surface area contributed by atoms with Crippen LogP contribution in [0.3, 0.4) is 0 Å². The van der Waals surface area contributed by atoms with Gasteiger partial charge in [0.15, 0.2) is 0 Å². The van der Waals surface area contributed by atoms with Crippen LogP contribution in [0, 0.1) is 3.57 Å². The fraction of sp³-hybridized carbons (Fsp3) is 0.100. The number of benzene rings is 2. The second kappa shape index (κ2) is 8.55. The van der Waals surface area contributed by atoms with E-state index in [9.17, 15) is 9.59 Å². The zero-order valence-corrected chi connectivity index (χ0v) is 16.8. The number of carbonyl (C=O) groups excluding carboxylic acids is 2. The van der Waals surface area contributed by atoms with E-state index in [0.717, 1.165) is 28.6 Å². The molecule has 0 spiro atoms. The normalized spacial score (nSPS) is 15.6. The van der Waals surface area contributed by atoms with Gasteiger partial charge >= 0.3 is 0 Å². The first-order valence-electron chi connectivity index (χ1n) is 7.90. The molecule has 2 aromatic rings. The number of hydrogen-bond acceptors (Lipinski definition) is 4. The fourth-order valence-corrected chi connectivity index (χ4v) is 3.55. The van der Waals surface area contributed by atoms with Crippen LogP contribution in [0.5, 0.6) is 5.75 Å². The van der Waals surface area contributed by atoms with Crippen LogP contribution >= 0.6 is 34.4 Å². The van der Waals surface area contributed by atoms with Crippen LogP contribution in [-0.2, 0) is 11.4 Å². The van der Waals surface area contributed by atoms with Gasteiger partial charge in [-0.05, 0) is 75.8 Å². The molecule has 0 N–H and O–H groups in total. The lowest BCUT2D eigenvalue weighted by Crippen LogP contribution is -2.27. The smallest absolute Gasteiger partial charge is 0.293 e. The van der Waals surface area contributed by atoms with Crippen molar-refractivity contribution in [2.45, 2.75) is 6.61 Å². The van der Waals surface area contributed by atoms with Crippen molar-refractivity contribution in [3.05, 3.63) is 80.8 Å². The average Bonchev–Trinajstić information content (AvgIpc) is 2.90. The molecule has 0 bridgehead atoms. The SMILES string of the molecule is C=CCN1C(=O)S/C(=C/c2ccc(OCc3ccc(I)cc3)cc2)C1=O. The Bertz CT molecular complexity index is 860. The molecule has 1 heterocycles. The molecule has 0 aromatic heterocycles. The lowest BCUT2D eigenvalue weighted by atomic mass is 10.2. The third kappa shape index (κ3) is 4.56. The maximum atomic E-state index is 12.2. The predicted molar refractivity (Wildman–Crippen MR) is 113 cm³/mol. The van der Waals surface area contributed by atoms with Gasteiger partial charge in [0.05, 0.1) is 4.91 Å². The lowest BCUT2D eigenvalue weighted by molar-refractivity contribution is -0.122. The Balaban J connectivity index is 1.64. The number of ether oxygens (including phenoxy) is 1. The summed E-state index contributed by atoms with van der Waals surface area (Å²) in [5.74, 6) is 0.472. The van der Waals surface area contributed by atoms with Crippen molar-refractivity contribution >= 4 is 51.6 Å². The molecule has 26 heavy (non-hydrogen) atoms. The van der Waals surface area contributed by atoms with Gasteiger partial charge in [-0.1, -0.05) is 30.3 Å². The van der Waals surface area contributed by atoms with Gasteiger partial charge < -0.3 is 4.74 Å². The van der Waals surface area contributed by atoms with Gasteiger partial charge in [0, 0.05) is 10.1 Å². The summed E-state index contributed by atoms with van der Waals surface area (Å²) in [6.45, 7) is 4.29. The van der Waals surface area contributed by atoms with Gasteiger partial charge in [0.25, 0.3) is 11.1 Å². The summed E-state index contributed by atoms with van der Waals surface area (Å²) in [6.07, 6.45) is 3.26. The maximum absolute atomic E-state index is 12.2. The summed E-state index contributed by atoms with van der Waals surface area (Å²) >= 11 is 3.22. The lowest BCUT2D eigenvalue weighted by Gasteiger charge is -2.08. The standard InChI is InChI=1S/C20H16INO3S/c1-2-11-22-19(23)18(26-20(22)24)12-14-5-9-17(10-6-14)25-13-15-3-7-16(21)8-4-15/h2-10,12H,1,11,13H2/b18-12+. The molecule has 1 saturated heterocycles. The van der Waals surface area contributed by atoms with Gasteiger partial charge in [-0.3, -0.25) is 14.5 Å². The van der Waals surface area contributed by atoms with Crippen LogP contribution in [0.4, 0.5) is 4.79 Å². The summed E-state index contributed by atoms with van der Waals surface area (Å²) in [6, 6.07) is 15.6. The highest BCUT2D eigenvalue weighted by Crippen LogP contribution is 2.32. The van der Waals surface area contributed by atoms with Crippen LogP contribution in [0.2, 0.25) is 0 Å². The van der Waals surface area contributed by atoms with E-state index in [-0.39, 0.29) is 17.7 Å². The highest BCUT2D eigenvalue weighted by molar-refractivity contribution is 14.1. The summed E-state index contributed by atoms with van der Waals surface area (Å²) in [7, 11) is 0.